The summed E-state index contributed by atoms with van der Waals surface area (Å²) in [5.74, 6) is -0.0536. The lowest BCUT2D eigenvalue weighted by atomic mass is 9.75. The van der Waals surface area contributed by atoms with Crippen molar-refractivity contribution in [2.45, 2.75) is 31.7 Å². The molecule has 0 unspecified atom stereocenters. The Hall–Kier alpha value is -3.24. The second-order valence-corrected chi connectivity index (χ2v) is 7.46. The molecule has 1 aromatic carbocycles. The fourth-order valence-electron chi connectivity index (χ4n) is 3.86. The van der Waals surface area contributed by atoms with Crippen molar-refractivity contribution >= 4 is 35.1 Å². The number of allylic oxidation sites excluding steroid dienone is 4. The molecule has 1 spiro atoms. The van der Waals surface area contributed by atoms with Crippen LogP contribution in [0.15, 0.2) is 59.6 Å². The molecule has 0 aromatic heterocycles. The zero-order valence-corrected chi connectivity index (χ0v) is 16.2. The second kappa shape index (κ2) is 6.73. The number of thiocarbonyl (C=S) groups is 1. The van der Waals surface area contributed by atoms with Crippen LogP contribution in [-0.4, -0.2) is 27.7 Å². The van der Waals surface area contributed by atoms with Gasteiger partial charge in [-0.3, -0.25) is 9.69 Å². The Labute approximate surface area is 168 Å². The van der Waals surface area contributed by atoms with Crippen LogP contribution < -0.4 is 10.2 Å². The normalized spacial score (nSPS) is 21.8. The summed E-state index contributed by atoms with van der Waals surface area (Å²) in [4.78, 5) is 17.0. The molecule has 4 rings (SSSR count). The summed E-state index contributed by atoms with van der Waals surface area (Å²) in [6.45, 7) is 2.02. The van der Waals surface area contributed by atoms with Gasteiger partial charge >= 0.3 is 0 Å². The molecule has 1 aromatic rings. The highest BCUT2D eigenvalue weighted by Crippen LogP contribution is 2.48. The maximum atomic E-state index is 13.5. The maximum absolute atomic E-state index is 13.5. The van der Waals surface area contributed by atoms with Crippen molar-refractivity contribution in [1.82, 2.24) is 10.2 Å². The summed E-state index contributed by atoms with van der Waals surface area (Å²) < 4.78 is 0. The minimum absolute atomic E-state index is 0.0536. The lowest BCUT2D eigenvalue weighted by Gasteiger charge is -2.43. The molecular weight excluding hydrogens is 370 g/mol. The molecule has 7 heteroatoms. The zero-order chi connectivity index (χ0) is 19.9. The Bertz CT molecular complexity index is 1010. The first-order valence-electron chi connectivity index (χ1n) is 9.07. The number of anilines is 1. The molecule has 2 heterocycles. The smallest absolute Gasteiger partial charge is 0.259 e. The molecule has 1 aliphatic carbocycles. The molecule has 0 radical (unpaired) electrons. The average Bonchev–Trinajstić information content (AvgIpc) is 2.90. The number of carbonyl (C=O) groups excluding carboxylic acids is 1. The molecule has 0 bridgehead atoms. The molecule has 1 saturated heterocycles. The number of hydrogen-bond acceptors (Lipinski definition) is 5. The fraction of sp³-hybridized carbons (Fsp3) is 0.238. The molecular formula is C21H19N5OS. The molecule has 2 aliphatic heterocycles. The number of carbonyl (C=O) groups is 1. The molecule has 0 atom stereocenters. The van der Waals surface area contributed by atoms with Crippen LogP contribution in [0.5, 0.6) is 0 Å². The molecule has 2 fully saturated rings. The monoisotopic (exact) mass is 389 g/mol. The van der Waals surface area contributed by atoms with E-state index in [1.165, 1.54) is 6.08 Å². The van der Waals surface area contributed by atoms with Gasteiger partial charge in [0.2, 0.25) is 0 Å². The van der Waals surface area contributed by atoms with Gasteiger partial charge in [0.05, 0.1) is 11.4 Å². The largest absolute Gasteiger partial charge is 0.345 e. The first-order chi connectivity index (χ1) is 13.5. The van der Waals surface area contributed by atoms with Crippen LogP contribution >= 0.6 is 12.2 Å². The lowest BCUT2D eigenvalue weighted by molar-refractivity contribution is -0.131. The van der Waals surface area contributed by atoms with Gasteiger partial charge in [0.1, 0.15) is 17.3 Å². The summed E-state index contributed by atoms with van der Waals surface area (Å²) in [5, 5.41) is 20.0. The van der Waals surface area contributed by atoms with Crippen molar-refractivity contribution in [3.05, 3.63) is 65.1 Å². The summed E-state index contributed by atoms with van der Waals surface area (Å²) in [6, 6.07) is 10.1. The van der Waals surface area contributed by atoms with Crippen molar-refractivity contribution in [2.75, 3.05) is 4.90 Å². The van der Waals surface area contributed by atoms with E-state index in [-0.39, 0.29) is 5.91 Å². The summed E-state index contributed by atoms with van der Waals surface area (Å²) in [7, 11) is 0. The van der Waals surface area contributed by atoms with E-state index in [9.17, 15) is 4.79 Å². The summed E-state index contributed by atoms with van der Waals surface area (Å²) in [6.07, 6.45) is 8.45. The van der Waals surface area contributed by atoms with Crippen LogP contribution in [0.4, 0.5) is 5.69 Å². The van der Waals surface area contributed by atoms with Gasteiger partial charge in [0.25, 0.3) is 5.91 Å². The summed E-state index contributed by atoms with van der Waals surface area (Å²) >= 11 is 5.77. The Morgan fingerprint density at radius 3 is 2.57 bits per heavy atom. The molecule has 28 heavy (non-hydrogen) atoms. The predicted octanol–water partition coefficient (Wildman–Crippen LogP) is 3.28. The van der Waals surface area contributed by atoms with Crippen LogP contribution in [0.2, 0.25) is 0 Å². The summed E-state index contributed by atoms with van der Waals surface area (Å²) in [5.41, 5.74) is 2.81. The van der Waals surface area contributed by atoms with E-state index >= 15 is 0 Å². The van der Waals surface area contributed by atoms with Crippen molar-refractivity contribution in [3.63, 3.8) is 0 Å². The van der Waals surface area contributed by atoms with E-state index in [1.54, 1.807) is 17.1 Å². The van der Waals surface area contributed by atoms with Gasteiger partial charge < -0.3 is 15.6 Å². The van der Waals surface area contributed by atoms with Gasteiger partial charge in [-0.25, -0.2) is 0 Å². The second-order valence-electron chi connectivity index (χ2n) is 7.10. The Morgan fingerprint density at radius 1 is 1.29 bits per heavy atom. The molecule has 3 aliphatic rings. The number of aryl methyl sites for hydroxylation is 1. The van der Waals surface area contributed by atoms with E-state index in [2.05, 4.69) is 5.32 Å². The number of nitrogens with zero attached hydrogens (tertiary/aromatic N) is 3. The maximum Gasteiger partial charge on any atom is 0.259 e. The Kier molecular flexibility index (Phi) is 4.36. The standard InChI is InChI=1S/C21H19N5OS/c1-14-3-6-16(7-4-14)26-20(28)25(19(27)21(26)10-2-11-21)18-8-5-15(13-23)24-17(18)9-12-22/h3-9,12,22,24H,2,10-11H2,1H3/b17-9-,22-12?. The highest BCUT2D eigenvalue weighted by atomic mass is 32.1. The third-order valence-corrected chi connectivity index (χ3v) is 5.81. The van der Waals surface area contributed by atoms with Gasteiger partial charge in [0.15, 0.2) is 5.11 Å². The van der Waals surface area contributed by atoms with Crippen LogP contribution in [-0.2, 0) is 4.79 Å². The van der Waals surface area contributed by atoms with Crippen LogP contribution in [0, 0.1) is 23.7 Å². The average molecular weight is 389 g/mol. The number of dihydropyridines is 1. The highest BCUT2D eigenvalue weighted by Gasteiger charge is 2.60. The van der Waals surface area contributed by atoms with Gasteiger partial charge in [0, 0.05) is 11.9 Å². The lowest BCUT2D eigenvalue weighted by Crippen LogP contribution is -2.55. The molecule has 6 nitrogen and oxygen atoms in total. The number of nitriles is 1. The Balaban J connectivity index is 1.81. The third-order valence-electron chi connectivity index (χ3n) is 5.45. The predicted molar refractivity (Wildman–Crippen MR) is 111 cm³/mol. The van der Waals surface area contributed by atoms with E-state index < -0.39 is 5.54 Å². The third kappa shape index (κ3) is 2.57. The van der Waals surface area contributed by atoms with Crippen LogP contribution in [0.3, 0.4) is 0 Å². The molecule has 140 valence electrons. The SMILES string of the molecule is Cc1ccc(N2C(=S)N(C3=CC=C(C#N)N/C3=C\C=N)C(=O)C23CCC3)cc1. The van der Waals surface area contributed by atoms with E-state index in [4.69, 9.17) is 22.9 Å². The van der Waals surface area contributed by atoms with Crippen molar-refractivity contribution in [3.8, 4) is 6.07 Å². The number of rotatable bonds is 3. The van der Waals surface area contributed by atoms with E-state index in [1.807, 2.05) is 42.2 Å². The molecule has 1 amide bonds. The number of nitrogens with one attached hydrogen (secondary N) is 2. The van der Waals surface area contributed by atoms with Gasteiger partial charge in [-0.05, 0) is 68.8 Å². The van der Waals surface area contributed by atoms with Crippen molar-refractivity contribution in [2.24, 2.45) is 0 Å². The minimum Gasteiger partial charge on any atom is -0.345 e. The minimum atomic E-state index is -0.651. The van der Waals surface area contributed by atoms with E-state index in [0.717, 1.165) is 36.7 Å². The first kappa shape index (κ1) is 18.1. The quantitative estimate of drug-likeness (QED) is 0.612. The number of hydrogen-bond donors (Lipinski definition) is 2. The first-order valence-corrected chi connectivity index (χ1v) is 9.48. The van der Waals surface area contributed by atoms with Crippen molar-refractivity contribution in [1.29, 1.82) is 10.7 Å². The topological polar surface area (TPSA) is 83.2 Å². The van der Waals surface area contributed by atoms with E-state index in [0.29, 0.717) is 22.2 Å². The van der Waals surface area contributed by atoms with Gasteiger partial charge in [-0.2, -0.15) is 5.26 Å². The molecule has 1 saturated carbocycles. The van der Waals surface area contributed by atoms with Crippen LogP contribution in [0.1, 0.15) is 24.8 Å². The van der Waals surface area contributed by atoms with Crippen LogP contribution in [0.25, 0.3) is 0 Å². The zero-order valence-electron chi connectivity index (χ0n) is 15.4. The number of amides is 1. The van der Waals surface area contributed by atoms with Gasteiger partial charge in [-0.15, -0.1) is 0 Å². The van der Waals surface area contributed by atoms with Crippen molar-refractivity contribution < 1.29 is 4.79 Å². The highest BCUT2D eigenvalue weighted by molar-refractivity contribution is 7.80. The number of benzene rings is 1. The fourth-order valence-corrected chi connectivity index (χ4v) is 4.32. The molecule has 2 N–H and O–H groups in total. The van der Waals surface area contributed by atoms with Gasteiger partial charge in [-0.1, -0.05) is 17.7 Å². The Morgan fingerprint density at radius 2 is 2.00 bits per heavy atom.